The van der Waals surface area contributed by atoms with Gasteiger partial charge in [0.25, 0.3) is 21.6 Å². The number of allylic oxidation sites excluding steroid dienone is 1. The lowest BCUT2D eigenvalue weighted by Gasteiger charge is -2.21. The first-order valence-electron chi connectivity index (χ1n) is 12.3. The van der Waals surface area contributed by atoms with Crippen molar-refractivity contribution in [3.05, 3.63) is 43.1 Å². The zero-order valence-electron chi connectivity index (χ0n) is 21.9. The van der Waals surface area contributed by atoms with Crippen molar-refractivity contribution in [1.82, 2.24) is 9.63 Å². The lowest BCUT2D eigenvalue weighted by atomic mass is 10.0. The van der Waals surface area contributed by atoms with E-state index in [0.717, 1.165) is 27.7 Å². The Kier molecular flexibility index (Phi) is 8.12. The van der Waals surface area contributed by atoms with Crippen molar-refractivity contribution in [3.8, 4) is 17.2 Å². The molecule has 0 spiro atoms. The smallest absolute Gasteiger partial charge is 0.323 e. The number of thiocarbonyl (C=S) groups is 1. The van der Waals surface area contributed by atoms with Gasteiger partial charge in [-0.15, -0.1) is 11.3 Å². The highest BCUT2D eigenvalue weighted by Gasteiger charge is 2.35. The van der Waals surface area contributed by atoms with E-state index in [9.17, 15) is 37.7 Å². The number of rotatable bonds is 8. The maximum Gasteiger partial charge on any atom is 0.323 e. The van der Waals surface area contributed by atoms with Crippen molar-refractivity contribution in [2.24, 2.45) is 5.92 Å². The van der Waals surface area contributed by atoms with Crippen LogP contribution in [-0.4, -0.2) is 68.2 Å². The Morgan fingerprint density at radius 1 is 1.19 bits per heavy atom. The lowest BCUT2D eigenvalue weighted by molar-refractivity contribution is -0.140. The van der Waals surface area contributed by atoms with Crippen LogP contribution in [0.5, 0.6) is 17.2 Å². The fourth-order valence-corrected chi connectivity index (χ4v) is 7.21. The van der Waals surface area contributed by atoms with Crippen LogP contribution in [-0.2, 0) is 26.3 Å². The van der Waals surface area contributed by atoms with Crippen LogP contribution in [0.4, 0.5) is 5.69 Å². The second-order valence-corrected chi connectivity index (χ2v) is 13.7. The molecule has 3 N–H and O–H groups in total. The SMILES string of the molecule is CC(C)C(/C=c1/s/c(=C2\SC(=S)N(O)C2=O)n(CC(=O)O)c1=O)=C1\Oc2cc3c(cc2N1CCCS(=O)(=O)O)OCO3. The molecule has 0 unspecified atom stereocenters. The van der Waals surface area contributed by atoms with Gasteiger partial charge in [-0.05, 0) is 42.4 Å². The molecule has 0 aliphatic carbocycles. The third-order valence-corrected chi connectivity index (χ3v) is 9.69. The van der Waals surface area contributed by atoms with Crippen LogP contribution >= 0.6 is 35.3 Å². The molecule has 14 nitrogen and oxygen atoms in total. The van der Waals surface area contributed by atoms with E-state index in [0.29, 0.717) is 28.5 Å². The minimum absolute atomic E-state index is 0.0158. The average Bonchev–Trinajstić information content (AvgIpc) is 3.63. The summed E-state index contributed by atoms with van der Waals surface area (Å²) in [4.78, 5) is 39.3. The van der Waals surface area contributed by atoms with Crippen LogP contribution in [0.1, 0.15) is 20.3 Å². The molecule has 42 heavy (non-hydrogen) atoms. The monoisotopic (exact) mass is 657 g/mol. The number of thioether (sulfide) groups is 1. The summed E-state index contributed by atoms with van der Waals surface area (Å²) in [7, 11) is -4.23. The molecule has 1 aromatic heterocycles. The third kappa shape index (κ3) is 5.77. The van der Waals surface area contributed by atoms with Crippen LogP contribution < -0.4 is 33.9 Å². The van der Waals surface area contributed by atoms with Gasteiger partial charge in [-0.25, -0.2) is 0 Å². The third-order valence-electron chi connectivity index (χ3n) is 6.28. The number of carboxylic acids is 1. The molecule has 18 heteroatoms. The largest absolute Gasteiger partial charge is 0.480 e. The number of hydroxylamine groups is 2. The number of hydrogen-bond acceptors (Lipinski definition) is 13. The van der Waals surface area contributed by atoms with Crippen LogP contribution in [0.25, 0.3) is 11.0 Å². The molecule has 1 amide bonds. The number of hydrogen-bond donors (Lipinski definition) is 3. The maximum absolute atomic E-state index is 13.5. The zero-order valence-corrected chi connectivity index (χ0v) is 25.2. The van der Waals surface area contributed by atoms with E-state index in [1.165, 1.54) is 6.08 Å². The first kappa shape index (κ1) is 30.1. The number of fused-ring (bicyclic) bond motifs is 2. The van der Waals surface area contributed by atoms with E-state index in [1.54, 1.807) is 17.0 Å². The second-order valence-electron chi connectivity index (χ2n) is 9.50. The first-order valence-corrected chi connectivity index (χ1v) is 15.9. The number of thiazole rings is 1. The summed E-state index contributed by atoms with van der Waals surface area (Å²) in [6.07, 6.45) is 1.56. The Bertz CT molecular complexity index is 1840. The van der Waals surface area contributed by atoms with E-state index in [2.05, 4.69) is 0 Å². The Balaban J connectivity index is 1.69. The van der Waals surface area contributed by atoms with Gasteiger partial charge in [0, 0.05) is 24.3 Å². The number of aromatic nitrogens is 1. The number of aliphatic carboxylic acids is 1. The molecule has 0 radical (unpaired) electrons. The molecule has 5 rings (SSSR count). The molecule has 1 aromatic carbocycles. The zero-order chi connectivity index (χ0) is 30.5. The van der Waals surface area contributed by atoms with Crippen molar-refractivity contribution in [3.63, 3.8) is 0 Å². The molecule has 4 heterocycles. The van der Waals surface area contributed by atoms with Gasteiger partial charge in [-0.1, -0.05) is 13.8 Å². The van der Waals surface area contributed by atoms with Gasteiger partial charge in [0.2, 0.25) is 12.7 Å². The van der Waals surface area contributed by atoms with Gasteiger partial charge in [0.15, 0.2) is 21.6 Å². The highest BCUT2D eigenvalue weighted by atomic mass is 32.2. The molecule has 1 saturated heterocycles. The fourth-order valence-electron chi connectivity index (χ4n) is 4.39. The van der Waals surface area contributed by atoms with Gasteiger partial charge in [0.1, 0.15) is 16.1 Å². The van der Waals surface area contributed by atoms with Gasteiger partial charge in [-0.2, -0.15) is 13.5 Å². The van der Waals surface area contributed by atoms with E-state index in [1.807, 2.05) is 13.8 Å². The molecule has 3 aliphatic rings. The molecule has 0 saturated carbocycles. The summed E-state index contributed by atoms with van der Waals surface area (Å²) >= 11 is 6.57. The number of carboxylic acid groups (broad SMARTS) is 1. The minimum Gasteiger partial charge on any atom is -0.480 e. The summed E-state index contributed by atoms with van der Waals surface area (Å²) in [6, 6.07) is 3.31. The molecule has 224 valence electrons. The summed E-state index contributed by atoms with van der Waals surface area (Å²) < 4.78 is 50.1. The normalized spacial score (nSPS) is 19.2. The maximum atomic E-state index is 13.5. The van der Waals surface area contributed by atoms with Crippen LogP contribution in [0.2, 0.25) is 0 Å². The van der Waals surface area contributed by atoms with E-state index in [-0.39, 0.29) is 55.0 Å². The Hall–Kier alpha value is -3.42. The Labute approximate surface area is 251 Å². The van der Waals surface area contributed by atoms with Gasteiger partial charge < -0.3 is 24.2 Å². The van der Waals surface area contributed by atoms with Gasteiger partial charge >= 0.3 is 5.97 Å². The summed E-state index contributed by atoms with van der Waals surface area (Å²) in [5.41, 5.74) is 0.363. The molecule has 2 aromatic rings. The lowest BCUT2D eigenvalue weighted by Crippen LogP contribution is -2.35. The fraction of sp³-hybridized carbons (Fsp3) is 0.333. The molecular weight excluding hydrogens is 635 g/mol. The van der Waals surface area contributed by atoms with Gasteiger partial charge in [-0.3, -0.25) is 28.7 Å². The van der Waals surface area contributed by atoms with E-state index >= 15 is 0 Å². The van der Waals surface area contributed by atoms with Crippen LogP contribution in [0, 0.1) is 5.92 Å². The van der Waals surface area contributed by atoms with Crippen LogP contribution in [0.15, 0.2) is 28.4 Å². The summed E-state index contributed by atoms with van der Waals surface area (Å²) in [5, 5.41) is 19.6. The van der Waals surface area contributed by atoms with Gasteiger partial charge in [0.05, 0.1) is 16.0 Å². The molecular formula is C24H23N3O11S4. The number of ether oxygens (including phenoxy) is 3. The average molecular weight is 658 g/mol. The molecule has 0 atom stereocenters. The topological polar surface area (TPSA) is 185 Å². The summed E-state index contributed by atoms with van der Waals surface area (Å²) in [5.74, 6) is -1.39. The standard InChI is InChI=1S/C24H23N3O11S4/c1-11(2)12(6-17-20(30)26(9-18(28)29)23(40-17)19-21(31)27(32)24(39)41-19)22-25(4-3-5-42(33,34)35)13-7-15-16(37-10-36-15)8-14(13)38-22/h6-8,11,32H,3-5,9-10H2,1-2H3,(H,28,29)(H,33,34,35)/b17-6+,22-12-,23-19-. The van der Waals surface area contributed by atoms with Crippen molar-refractivity contribution in [2.75, 3.05) is 24.0 Å². The van der Waals surface area contributed by atoms with Crippen molar-refractivity contribution >= 4 is 78.3 Å². The predicted molar refractivity (Wildman–Crippen MR) is 156 cm³/mol. The Morgan fingerprint density at radius 2 is 1.88 bits per heavy atom. The van der Waals surface area contributed by atoms with Crippen molar-refractivity contribution in [2.45, 2.75) is 26.8 Å². The summed E-state index contributed by atoms with van der Waals surface area (Å²) in [6.45, 7) is 3.07. The second kappa shape index (κ2) is 11.3. The van der Waals surface area contributed by atoms with Crippen molar-refractivity contribution in [1.29, 1.82) is 0 Å². The molecule has 3 aliphatic heterocycles. The highest BCUT2D eigenvalue weighted by Crippen LogP contribution is 2.48. The predicted octanol–water partition coefficient (Wildman–Crippen LogP) is 0.906. The number of benzene rings is 1. The number of amides is 1. The number of nitrogens with zero attached hydrogens (tertiary/aromatic N) is 3. The number of anilines is 1. The Morgan fingerprint density at radius 3 is 2.48 bits per heavy atom. The molecule has 0 bridgehead atoms. The van der Waals surface area contributed by atoms with Crippen molar-refractivity contribution < 1.29 is 47.1 Å². The minimum atomic E-state index is -4.23. The first-order chi connectivity index (χ1) is 19.7. The molecule has 1 fully saturated rings. The number of carbonyl (C=O) groups is 2. The van der Waals surface area contributed by atoms with E-state index < -0.39 is 39.9 Å². The van der Waals surface area contributed by atoms with Crippen LogP contribution in [0.3, 0.4) is 0 Å². The quantitative estimate of drug-likeness (QED) is 0.207. The number of carbonyl (C=O) groups excluding carboxylic acids is 1. The highest BCUT2D eigenvalue weighted by molar-refractivity contribution is 8.30. The van der Waals surface area contributed by atoms with E-state index in [4.69, 9.17) is 26.4 Å².